The Morgan fingerprint density at radius 3 is 2.46 bits per heavy atom. The van der Waals surface area contributed by atoms with E-state index in [-0.39, 0.29) is 18.1 Å². The molecule has 0 aromatic heterocycles. The van der Waals surface area contributed by atoms with Gasteiger partial charge < -0.3 is 15.4 Å². The number of anilines is 1. The van der Waals surface area contributed by atoms with E-state index in [0.29, 0.717) is 11.3 Å². The fraction of sp³-hybridized carbons (Fsp3) is 0.150. The second-order valence-corrected chi connectivity index (χ2v) is 5.47. The van der Waals surface area contributed by atoms with Gasteiger partial charge >= 0.3 is 0 Å². The van der Waals surface area contributed by atoms with E-state index in [0.717, 1.165) is 11.3 Å². The number of carbonyl (C=O) groups excluding carboxylic acids is 2. The van der Waals surface area contributed by atoms with E-state index >= 15 is 0 Å². The fourth-order valence-electron chi connectivity index (χ4n) is 2.16. The molecule has 0 radical (unpaired) electrons. The van der Waals surface area contributed by atoms with Gasteiger partial charge in [0.1, 0.15) is 17.4 Å². The van der Waals surface area contributed by atoms with Crippen LogP contribution in [-0.4, -0.2) is 25.5 Å². The Labute approximate surface area is 152 Å². The van der Waals surface area contributed by atoms with Crippen molar-refractivity contribution in [1.29, 1.82) is 5.26 Å². The molecule has 0 spiro atoms. The smallest absolute Gasteiger partial charge is 0.262 e. The van der Waals surface area contributed by atoms with Gasteiger partial charge in [-0.05, 0) is 42.3 Å². The average molecular weight is 349 g/mol. The number of likely N-dealkylation sites (N-methyl/N-ethyl adjacent to an activating group) is 1. The van der Waals surface area contributed by atoms with E-state index in [1.54, 1.807) is 24.3 Å². The van der Waals surface area contributed by atoms with Gasteiger partial charge in [-0.25, -0.2) is 0 Å². The van der Waals surface area contributed by atoms with Gasteiger partial charge in [-0.2, -0.15) is 5.26 Å². The molecular formula is C20H19N3O3. The minimum absolute atomic E-state index is 0.0128. The van der Waals surface area contributed by atoms with Crippen molar-refractivity contribution < 1.29 is 14.3 Å². The topological polar surface area (TPSA) is 91.2 Å². The number of hydrogen-bond acceptors (Lipinski definition) is 4. The summed E-state index contributed by atoms with van der Waals surface area (Å²) in [6.07, 6.45) is 1.48. The predicted octanol–water partition coefficient (Wildman–Crippen LogP) is 2.67. The van der Waals surface area contributed by atoms with Crippen LogP contribution in [0, 0.1) is 18.3 Å². The maximum atomic E-state index is 12.0. The van der Waals surface area contributed by atoms with E-state index in [9.17, 15) is 9.59 Å². The molecule has 26 heavy (non-hydrogen) atoms. The Balaban J connectivity index is 1.94. The zero-order valence-electron chi connectivity index (χ0n) is 14.6. The van der Waals surface area contributed by atoms with Crippen LogP contribution in [0.25, 0.3) is 6.08 Å². The first-order chi connectivity index (χ1) is 12.5. The summed E-state index contributed by atoms with van der Waals surface area (Å²) >= 11 is 0. The molecule has 2 amide bonds. The van der Waals surface area contributed by atoms with Crippen LogP contribution < -0.4 is 15.4 Å². The van der Waals surface area contributed by atoms with E-state index in [4.69, 9.17) is 10.00 Å². The maximum Gasteiger partial charge on any atom is 0.262 e. The highest BCUT2D eigenvalue weighted by Gasteiger charge is 2.07. The van der Waals surface area contributed by atoms with Gasteiger partial charge in [0.05, 0.1) is 0 Å². The molecule has 0 aliphatic heterocycles. The third-order valence-electron chi connectivity index (χ3n) is 3.57. The van der Waals surface area contributed by atoms with Gasteiger partial charge in [0.25, 0.3) is 11.8 Å². The Morgan fingerprint density at radius 2 is 1.85 bits per heavy atom. The van der Waals surface area contributed by atoms with Crippen molar-refractivity contribution >= 4 is 23.6 Å². The molecule has 0 aliphatic rings. The number of para-hydroxylation sites is 1. The summed E-state index contributed by atoms with van der Waals surface area (Å²) in [5, 5.41) is 14.2. The largest absolute Gasteiger partial charge is 0.484 e. The highest BCUT2D eigenvalue weighted by molar-refractivity contribution is 6.01. The standard InChI is InChI=1S/C20H19N3O3/c1-14-5-3-4-6-18(14)23-19(24)13-26-17-9-7-15(8-10-17)11-16(12-21)20(25)22-2/h3-11H,13H2,1-2H3,(H,22,25)(H,23,24)/b16-11-. The molecule has 0 unspecified atom stereocenters. The number of hydrogen-bond donors (Lipinski definition) is 2. The second kappa shape index (κ2) is 9.04. The third kappa shape index (κ3) is 5.21. The van der Waals surface area contributed by atoms with E-state index < -0.39 is 5.91 Å². The van der Waals surface area contributed by atoms with Crippen molar-refractivity contribution in [3.63, 3.8) is 0 Å². The summed E-state index contributed by atoms with van der Waals surface area (Å²) in [5.74, 6) is -0.184. The quantitative estimate of drug-likeness (QED) is 0.619. The lowest BCUT2D eigenvalue weighted by Gasteiger charge is -2.09. The molecule has 2 rings (SSSR count). The number of carbonyl (C=O) groups is 2. The Kier molecular flexibility index (Phi) is 6.52. The molecule has 6 nitrogen and oxygen atoms in total. The van der Waals surface area contributed by atoms with Crippen LogP contribution >= 0.6 is 0 Å². The number of ether oxygens (including phenoxy) is 1. The molecule has 2 N–H and O–H groups in total. The summed E-state index contributed by atoms with van der Waals surface area (Å²) in [5.41, 5.74) is 2.42. The van der Waals surface area contributed by atoms with Gasteiger partial charge in [0.2, 0.25) is 0 Å². The molecule has 6 heteroatoms. The van der Waals surface area contributed by atoms with Crippen molar-refractivity contribution in [2.45, 2.75) is 6.92 Å². The van der Waals surface area contributed by atoms with Gasteiger partial charge in [0.15, 0.2) is 6.61 Å². The molecule has 0 aliphatic carbocycles. The molecule has 0 fully saturated rings. The normalized spacial score (nSPS) is 10.6. The highest BCUT2D eigenvalue weighted by atomic mass is 16.5. The number of rotatable bonds is 6. The second-order valence-electron chi connectivity index (χ2n) is 5.47. The number of benzene rings is 2. The van der Waals surface area contributed by atoms with Crippen LogP contribution in [0.4, 0.5) is 5.69 Å². The SMILES string of the molecule is CNC(=O)/C(C#N)=C\c1ccc(OCC(=O)Nc2ccccc2C)cc1. The van der Waals surface area contributed by atoms with Crippen molar-refractivity contribution in [3.8, 4) is 11.8 Å². The summed E-state index contributed by atoms with van der Waals surface area (Å²) in [4.78, 5) is 23.5. The first kappa shape index (κ1) is 18.7. The number of amides is 2. The Bertz CT molecular complexity index is 865. The first-order valence-corrected chi connectivity index (χ1v) is 7.95. The minimum Gasteiger partial charge on any atom is -0.484 e. The molecule has 0 atom stereocenters. The van der Waals surface area contributed by atoms with Crippen LogP contribution in [0.1, 0.15) is 11.1 Å². The van der Waals surface area contributed by atoms with E-state index in [1.807, 2.05) is 37.3 Å². The van der Waals surface area contributed by atoms with Crippen LogP contribution in [0.5, 0.6) is 5.75 Å². The average Bonchev–Trinajstić information content (AvgIpc) is 2.66. The number of aryl methyl sites for hydroxylation is 1. The molecule has 0 heterocycles. The predicted molar refractivity (Wildman–Crippen MR) is 99.4 cm³/mol. The highest BCUT2D eigenvalue weighted by Crippen LogP contribution is 2.16. The first-order valence-electron chi connectivity index (χ1n) is 7.95. The van der Waals surface area contributed by atoms with Crippen molar-refractivity contribution in [1.82, 2.24) is 5.32 Å². The fourth-order valence-corrected chi connectivity index (χ4v) is 2.16. The van der Waals surface area contributed by atoms with Crippen molar-refractivity contribution in [2.75, 3.05) is 19.0 Å². The van der Waals surface area contributed by atoms with E-state index in [2.05, 4.69) is 10.6 Å². The molecule has 0 saturated carbocycles. The van der Waals surface area contributed by atoms with Gasteiger partial charge in [0, 0.05) is 12.7 Å². The monoisotopic (exact) mass is 349 g/mol. The zero-order valence-corrected chi connectivity index (χ0v) is 14.6. The Hall–Kier alpha value is -3.59. The van der Waals surface area contributed by atoms with Gasteiger partial charge in [-0.15, -0.1) is 0 Å². The third-order valence-corrected chi connectivity index (χ3v) is 3.57. The molecule has 2 aromatic rings. The summed E-state index contributed by atoms with van der Waals surface area (Å²) in [6.45, 7) is 1.79. The molecule has 0 saturated heterocycles. The van der Waals surface area contributed by atoms with Crippen molar-refractivity contribution in [3.05, 3.63) is 65.2 Å². The van der Waals surface area contributed by atoms with Crippen molar-refractivity contribution in [2.24, 2.45) is 0 Å². The lowest BCUT2D eigenvalue weighted by molar-refractivity contribution is -0.118. The molecular weight excluding hydrogens is 330 g/mol. The van der Waals surface area contributed by atoms with Crippen LogP contribution in [0.3, 0.4) is 0 Å². The number of nitrogens with one attached hydrogen (secondary N) is 2. The molecule has 2 aromatic carbocycles. The lowest BCUT2D eigenvalue weighted by Crippen LogP contribution is -2.20. The van der Waals surface area contributed by atoms with Crippen LogP contribution in [0.15, 0.2) is 54.1 Å². The molecule has 0 bridgehead atoms. The zero-order chi connectivity index (χ0) is 18.9. The number of nitrogens with zero attached hydrogens (tertiary/aromatic N) is 1. The van der Waals surface area contributed by atoms with Crippen LogP contribution in [0.2, 0.25) is 0 Å². The van der Waals surface area contributed by atoms with E-state index in [1.165, 1.54) is 13.1 Å². The van der Waals surface area contributed by atoms with Gasteiger partial charge in [-0.1, -0.05) is 30.3 Å². The minimum atomic E-state index is -0.444. The summed E-state index contributed by atoms with van der Waals surface area (Å²) in [6, 6.07) is 16.1. The lowest BCUT2D eigenvalue weighted by atomic mass is 10.1. The summed E-state index contributed by atoms with van der Waals surface area (Å²) in [7, 11) is 1.46. The van der Waals surface area contributed by atoms with Crippen LogP contribution in [-0.2, 0) is 9.59 Å². The van der Waals surface area contributed by atoms with Gasteiger partial charge in [-0.3, -0.25) is 9.59 Å². The number of nitriles is 1. The Morgan fingerprint density at radius 1 is 1.15 bits per heavy atom. The maximum absolute atomic E-state index is 12.0. The molecule has 132 valence electrons. The summed E-state index contributed by atoms with van der Waals surface area (Å²) < 4.78 is 5.46.